The number of hydrogen-bond acceptors (Lipinski definition) is 4. The third-order valence-electron chi connectivity index (χ3n) is 3.96. The Labute approximate surface area is 157 Å². The Morgan fingerprint density at radius 2 is 1.59 bits per heavy atom. The van der Waals surface area contributed by atoms with E-state index >= 15 is 0 Å². The zero-order valence-electron chi connectivity index (χ0n) is 14.7. The fourth-order valence-electron chi connectivity index (χ4n) is 2.46. The van der Waals surface area contributed by atoms with E-state index in [1.54, 1.807) is 12.1 Å². The summed E-state index contributed by atoms with van der Waals surface area (Å²) in [6.45, 7) is 0.445. The van der Waals surface area contributed by atoms with Crippen molar-refractivity contribution in [2.24, 2.45) is 5.14 Å². The number of carbonyl (C=O) groups is 2. The van der Waals surface area contributed by atoms with Crippen molar-refractivity contribution in [3.05, 3.63) is 65.5 Å². The van der Waals surface area contributed by atoms with Crippen molar-refractivity contribution < 1.29 is 22.4 Å². The van der Waals surface area contributed by atoms with Gasteiger partial charge in [-0.05, 0) is 54.8 Å². The molecule has 0 radical (unpaired) electrons. The molecule has 0 aliphatic carbocycles. The van der Waals surface area contributed by atoms with Crippen LogP contribution in [-0.2, 0) is 21.2 Å². The molecule has 0 unspecified atom stereocenters. The summed E-state index contributed by atoms with van der Waals surface area (Å²) in [5, 5.41) is 7.78. The normalized spacial score (nSPS) is 11.2. The molecule has 2 aromatic carbocycles. The number of hydrogen-bond donors (Lipinski definition) is 2. The molecule has 0 aliphatic rings. The Hall–Kier alpha value is -2.58. The predicted molar refractivity (Wildman–Crippen MR) is 99.1 cm³/mol. The summed E-state index contributed by atoms with van der Waals surface area (Å²) >= 11 is 0. The van der Waals surface area contributed by atoms with E-state index < -0.39 is 15.8 Å². The molecule has 0 saturated carbocycles. The lowest BCUT2D eigenvalue weighted by atomic mass is 10.1. The molecule has 6 nitrogen and oxygen atoms in total. The van der Waals surface area contributed by atoms with Gasteiger partial charge in [0.05, 0.1) is 4.90 Å². The molecule has 0 bridgehead atoms. The minimum Gasteiger partial charge on any atom is -0.356 e. The number of nitrogens with two attached hydrogens (primary N) is 1. The number of nitrogens with one attached hydrogen (secondary N) is 1. The van der Waals surface area contributed by atoms with Crippen LogP contribution in [0.15, 0.2) is 53.4 Å². The van der Waals surface area contributed by atoms with Crippen LogP contribution in [-0.4, -0.2) is 26.7 Å². The van der Waals surface area contributed by atoms with E-state index in [0.29, 0.717) is 24.9 Å². The van der Waals surface area contributed by atoms with Crippen molar-refractivity contribution in [1.29, 1.82) is 0 Å². The van der Waals surface area contributed by atoms with Gasteiger partial charge in [-0.2, -0.15) is 0 Å². The Balaban J connectivity index is 1.67. The third kappa shape index (κ3) is 6.92. The fourth-order valence-corrected chi connectivity index (χ4v) is 2.98. The van der Waals surface area contributed by atoms with Crippen molar-refractivity contribution >= 4 is 21.7 Å². The predicted octanol–water partition coefficient (Wildman–Crippen LogP) is 2.18. The molecular formula is C19H21FN2O4S. The molecule has 2 aromatic rings. The maximum absolute atomic E-state index is 12.8. The highest BCUT2D eigenvalue weighted by molar-refractivity contribution is 7.89. The highest BCUT2D eigenvalue weighted by Crippen LogP contribution is 2.10. The molecule has 0 aromatic heterocycles. The largest absolute Gasteiger partial charge is 0.356 e. The highest BCUT2D eigenvalue weighted by Gasteiger charge is 2.10. The van der Waals surface area contributed by atoms with Crippen molar-refractivity contribution in [2.75, 3.05) is 6.54 Å². The van der Waals surface area contributed by atoms with Crippen LogP contribution in [0.4, 0.5) is 4.39 Å². The van der Waals surface area contributed by atoms with E-state index in [0.717, 1.165) is 5.56 Å². The van der Waals surface area contributed by atoms with Crippen LogP contribution in [0.25, 0.3) is 0 Å². The van der Waals surface area contributed by atoms with Crippen LogP contribution in [0, 0.1) is 5.82 Å². The number of carbonyl (C=O) groups excluding carboxylic acids is 2. The van der Waals surface area contributed by atoms with Gasteiger partial charge in [0.2, 0.25) is 15.9 Å². The van der Waals surface area contributed by atoms with Crippen molar-refractivity contribution in [3.8, 4) is 0 Å². The van der Waals surface area contributed by atoms with Gasteiger partial charge in [-0.1, -0.05) is 12.1 Å². The second kappa shape index (κ2) is 9.38. The summed E-state index contributed by atoms with van der Waals surface area (Å²) in [5.74, 6) is -0.848. The number of aryl methyl sites for hydroxylation is 1. The average Bonchev–Trinajstić information content (AvgIpc) is 2.63. The molecule has 2 rings (SSSR count). The van der Waals surface area contributed by atoms with Gasteiger partial charge in [0.1, 0.15) is 5.82 Å². The minimum atomic E-state index is -3.69. The zero-order chi connectivity index (χ0) is 19.9. The van der Waals surface area contributed by atoms with Crippen LogP contribution in [0.5, 0.6) is 0 Å². The molecule has 0 atom stereocenters. The number of primary sulfonamides is 1. The quantitative estimate of drug-likeness (QED) is 0.504. The Morgan fingerprint density at radius 1 is 0.963 bits per heavy atom. The maximum atomic E-state index is 12.8. The number of halogens is 1. The van der Waals surface area contributed by atoms with Crippen molar-refractivity contribution in [1.82, 2.24) is 5.32 Å². The smallest absolute Gasteiger partial charge is 0.238 e. The average molecular weight is 392 g/mol. The molecular weight excluding hydrogens is 371 g/mol. The zero-order valence-corrected chi connectivity index (χ0v) is 15.5. The number of rotatable bonds is 9. The first-order chi connectivity index (χ1) is 12.8. The second-order valence-corrected chi connectivity index (χ2v) is 7.63. The van der Waals surface area contributed by atoms with E-state index in [4.69, 9.17) is 5.14 Å². The minimum absolute atomic E-state index is 0.0605. The van der Waals surface area contributed by atoms with Gasteiger partial charge >= 0.3 is 0 Å². The molecule has 3 N–H and O–H groups in total. The standard InChI is InChI=1S/C19H21FN2O4S/c20-16-7-5-15(6-8-16)18(23)11-12-19(24)22-13-1-2-14-3-9-17(10-4-14)27(21,25)26/h3-10H,1-2,11-13H2,(H,22,24)(H2,21,25,26). The molecule has 1 amide bonds. The van der Waals surface area contributed by atoms with Crippen LogP contribution in [0.1, 0.15) is 35.2 Å². The van der Waals surface area contributed by atoms with Crippen LogP contribution in [0.3, 0.4) is 0 Å². The summed E-state index contributed by atoms with van der Waals surface area (Å²) in [4.78, 5) is 23.8. The molecule has 0 spiro atoms. The van der Waals surface area contributed by atoms with Crippen LogP contribution in [0.2, 0.25) is 0 Å². The molecule has 0 aliphatic heterocycles. The fraction of sp³-hybridized carbons (Fsp3) is 0.263. The SMILES string of the molecule is NS(=O)(=O)c1ccc(CCCNC(=O)CCC(=O)c2ccc(F)cc2)cc1. The van der Waals surface area contributed by atoms with E-state index in [-0.39, 0.29) is 29.4 Å². The van der Waals surface area contributed by atoms with Gasteiger partial charge in [-0.3, -0.25) is 9.59 Å². The molecule has 8 heteroatoms. The summed E-state index contributed by atoms with van der Waals surface area (Å²) < 4.78 is 35.2. The topological polar surface area (TPSA) is 106 Å². The van der Waals surface area contributed by atoms with Crippen molar-refractivity contribution in [2.45, 2.75) is 30.6 Å². The molecule has 0 saturated heterocycles. The summed E-state index contributed by atoms with van der Waals surface area (Å²) in [5.41, 5.74) is 1.32. The van der Waals surface area contributed by atoms with E-state index in [1.807, 2.05) is 0 Å². The van der Waals surface area contributed by atoms with Gasteiger partial charge in [0.25, 0.3) is 0 Å². The first kappa shape index (κ1) is 20.7. The summed E-state index contributed by atoms with van der Waals surface area (Å²) in [7, 11) is -3.69. The summed E-state index contributed by atoms with van der Waals surface area (Å²) in [6, 6.07) is 11.5. The number of Topliss-reactive ketones (excluding diaryl/α,β-unsaturated/α-hetero) is 1. The lowest BCUT2D eigenvalue weighted by Crippen LogP contribution is -2.25. The van der Waals surface area contributed by atoms with Gasteiger partial charge < -0.3 is 5.32 Å². The van der Waals surface area contributed by atoms with Gasteiger partial charge in [-0.25, -0.2) is 17.9 Å². The van der Waals surface area contributed by atoms with Gasteiger partial charge in [-0.15, -0.1) is 0 Å². The molecule has 0 heterocycles. The van der Waals surface area contributed by atoms with Gasteiger partial charge in [0.15, 0.2) is 5.78 Å². The number of ketones is 1. The molecule has 27 heavy (non-hydrogen) atoms. The highest BCUT2D eigenvalue weighted by atomic mass is 32.2. The van der Waals surface area contributed by atoms with E-state index in [2.05, 4.69) is 5.32 Å². The molecule has 0 fully saturated rings. The molecule has 144 valence electrons. The number of benzene rings is 2. The Bertz CT molecular complexity index is 894. The first-order valence-corrected chi connectivity index (χ1v) is 9.97. The van der Waals surface area contributed by atoms with Crippen molar-refractivity contribution in [3.63, 3.8) is 0 Å². The lowest BCUT2D eigenvalue weighted by Gasteiger charge is -2.06. The lowest BCUT2D eigenvalue weighted by molar-refractivity contribution is -0.121. The van der Waals surface area contributed by atoms with E-state index in [1.165, 1.54) is 36.4 Å². The first-order valence-electron chi connectivity index (χ1n) is 8.43. The monoisotopic (exact) mass is 392 g/mol. The second-order valence-electron chi connectivity index (χ2n) is 6.07. The van der Waals surface area contributed by atoms with Gasteiger partial charge in [0, 0.05) is 24.9 Å². The number of sulfonamides is 1. The Morgan fingerprint density at radius 3 is 2.19 bits per heavy atom. The Kier molecular flexibility index (Phi) is 7.20. The summed E-state index contributed by atoms with van der Waals surface area (Å²) in [6.07, 6.45) is 1.47. The third-order valence-corrected chi connectivity index (χ3v) is 4.89. The van der Waals surface area contributed by atoms with Crippen LogP contribution >= 0.6 is 0 Å². The maximum Gasteiger partial charge on any atom is 0.238 e. The van der Waals surface area contributed by atoms with Crippen LogP contribution < -0.4 is 10.5 Å². The van der Waals surface area contributed by atoms with E-state index in [9.17, 15) is 22.4 Å². The number of amides is 1.